The highest BCUT2D eigenvalue weighted by molar-refractivity contribution is 5.77. The predicted molar refractivity (Wildman–Crippen MR) is 70.2 cm³/mol. The van der Waals surface area contributed by atoms with Gasteiger partial charge in [0, 0.05) is 20.3 Å². The Kier molecular flexibility index (Phi) is 11.4. The Balaban J connectivity index is 3.16. The van der Waals surface area contributed by atoms with Crippen LogP contribution in [0.4, 0.5) is 0 Å². The molecule has 0 rings (SSSR count). The molecule has 0 aliphatic carbocycles. The highest BCUT2D eigenvalue weighted by atomic mass is 16.5. The minimum absolute atomic E-state index is 0.0636. The number of nitrogens with one attached hydrogen (secondary N) is 2. The second-order valence-corrected chi connectivity index (χ2v) is 4.38. The molecule has 2 N–H and O–H groups in total. The van der Waals surface area contributed by atoms with Crippen LogP contribution in [-0.2, 0) is 9.53 Å². The quantitative estimate of drug-likeness (QED) is 0.506. The molecule has 0 unspecified atom stereocenters. The van der Waals surface area contributed by atoms with E-state index in [1.807, 2.05) is 0 Å². The molecule has 0 heterocycles. The highest BCUT2D eigenvalue weighted by Crippen LogP contribution is 1.88. The van der Waals surface area contributed by atoms with Gasteiger partial charge in [0.25, 0.3) is 0 Å². The molecule has 0 aromatic heterocycles. The number of methoxy groups -OCH3 is 1. The van der Waals surface area contributed by atoms with E-state index in [1.54, 1.807) is 7.11 Å². The first kappa shape index (κ1) is 16.4. The van der Waals surface area contributed by atoms with E-state index in [-0.39, 0.29) is 5.91 Å². The van der Waals surface area contributed by atoms with Crippen molar-refractivity contribution in [3.8, 4) is 0 Å². The van der Waals surface area contributed by atoms with Crippen LogP contribution in [0.2, 0.25) is 0 Å². The van der Waals surface area contributed by atoms with Gasteiger partial charge in [0.15, 0.2) is 0 Å². The van der Waals surface area contributed by atoms with Gasteiger partial charge in [-0.05, 0) is 46.4 Å². The second kappa shape index (κ2) is 11.8. The highest BCUT2D eigenvalue weighted by Gasteiger charge is 1.99. The van der Waals surface area contributed by atoms with E-state index < -0.39 is 0 Å². The first-order valence-corrected chi connectivity index (χ1v) is 6.28. The van der Waals surface area contributed by atoms with E-state index in [4.69, 9.17) is 4.74 Å². The third-order valence-corrected chi connectivity index (χ3v) is 2.34. The first-order valence-electron chi connectivity index (χ1n) is 6.28. The lowest BCUT2D eigenvalue weighted by Gasteiger charge is -2.09. The van der Waals surface area contributed by atoms with Crippen LogP contribution in [0, 0.1) is 0 Å². The van der Waals surface area contributed by atoms with Crippen molar-refractivity contribution in [1.82, 2.24) is 15.5 Å². The number of unbranched alkanes of at least 4 members (excludes halogenated alkanes) is 1. The lowest BCUT2D eigenvalue weighted by atomic mass is 10.3. The molecular formula is C12H27N3O2. The lowest BCUT2D eigenvalue weighted by Crippen LogP contribution is -2.35. The molecule has 0 spiro atoms. The lowest BCUT2D eigenvalue weighted by molar-refractivity contribution is -0.120. The molecule has 0 saturated carbocycles. The summed E-state index contributed by atoms with van der Waals surface area (Å²) in [6, 6.07) is 0. The minimum Gasteiger partial charge on any atom is -0.385 e. The zero-order valence-electron chi connectivity index (χ0n) is 11.4. The maximum Gasteiger partial charge on any atom is 0.233 e. The van der Waals surface area contributed by atoms with Crippen molar-refractivity contribution in [3.63, 3.8) is 0 Å². The molecule has 0 aromatic rings. The van der Waals surface area contributed by atoms with Gasteiger partial charge in [-0.2, -0.15) is 0 Å². The molecule has 0 saturated heterocycles. The van der Waals surface area contributed by atoms with Crippen LogP contribution in [0.1, 0.15) is 19.3 Å². The maximum atomic E-state index is 11.3. The monoisotopic (exact) mass is 245 g/mol. The third kappa shape index (κ3) is 13.3. The number of ether oxygens (including phenoxy) is 1. The van der Waals surface area contributed by atoms with E-state index in [2.05, 4.69) is 29.6 Å². The fourth-order valence-corrected chi connectivity index (χ4v) is 1.39. The van der Waals surface area contributed by atoms with Gasteiger partial charge >= 0.3 is 0 Å². The van der Waals surface area contributed by atoms with Crippen LogP contribution in [0.25, 0.3) is 0 Å². The summed E-state index contributed by atoms with van der Waals surface area (Å²) in [7, 11) is 5.80. The molecule has 0 fully saturated rings. The number of hydrogen-bond acceptors (Lipinski definition) is 4. The number of carbonyl (C=O) groups excluding carboxylic acids is 1. The van der Waals surface area contributed by atoms with Crippen LogP contribution in [0.15, 0.2) is 0 Å². The summed E-state index contributed by atoms with van der Waals surface area (Å²) in [6.45, 7) is 3.80. The smallest absolute Gasteiger partial charge is 0.233 e. The molecule has 5 nitrogen and oxygen atoms in total. The van der Waals surface area contributed by atoms with Gasteiger partial charge in [-0.25, -0.2) is 0 Å². The molecule has 0 bridgehead atoms. The minimum atomic E-state index is 0.0636. The first-order chi connectivity index (χ1) is 8.16. The van der Waals surface area contributed by atoms with Crippen molar-refractivity contribution in [3.05, 3.63) is 0 Å². The van der Waals surface area contributed by atoms with E-state index in [9.17, 15) is 4.79 Å². The molecule has 0 aliphatic heterocycles. The number of nitrogens with zero attached hydrogens (tertiary/aromatic N) is 1. The Labute approximate surface area is 105 Å². The van der Waals surface area contributed by atoms with Crippen molar-refractivity contribution in [2.24, 2.45) is 0 Å². The van der Waals surface area contributed by atoms with Crippen molar-refractivity contribution in [1.29, 1.82) is 0 Å². The van der Waals surface area contributed by atoms with Crippen molar-refractivity contribution in [2.75, 3.05) is 54.0 Å². The summed E-state index contributed by atoms with van der Waals surface area (Å²) >= 11 is 0. The number of amides is 1. The topological polar surface area (TPSA) is 53.6 Å². The SMILES string of the molecule is COCCCNC(=O)CNCCCCN(C)C. The number of carbonyl (C=O) groups is 1. The van der Waals surface area contributed by atoms with Gasteiger partial charge < -0.3 is 20.3 Å². The summed E-state index contributed by atoms with van der Waals surface area (Å²) in [5, 5.41) is 5.97. The van der Waals surface area contributed by atoms with Gasteiger partial charge in [-0.3, -0.25) is 4.79 Å². The van der Waals surface area contributed by atoms with Gasteiger partial charge in [0.2, 0.25) is 5.91 Å². The Morgan fingerprint density at radius 3 is 2.59 bits per heavy atom. The van der Waals surface area contributed by atoms with Crippen LogP contribution in [0.5, 0.6) is 0 Å². The van der Waals surface area contributed by atoms with Crippen LogP contribution < -0.4 is 10.6 Å². The molecule has 17 heavy (non-hydrogen) atoms. The van der Waals surface area contributed by atoms with E-state index in [0.717, 1.165) is 32.4 Å². The van der Waals surface area contributed by atoms with Crippen molar-refractivity contribution in [2.45, 2.75) is 19.3 Å². The average molecular weight is 245 g/mol. The third-order valence-electron chi connectivity index (χ3n) is 2.34. The standard InChI is InChI=1S/C12H27N3O2/c1-15(2)9-5-4-7-13-11-12(16)14-8-6-10-17-3/h13H,4-11H2,1-3H3,(H,14,16). The predicted octanol–water partition coefficient (Wildman–Crippen LogP) is 0.0705. The van der Waals surface area contributed by atoms with Gasteiger partial charge in [0.05, 0.1) is 6.54 Å². The Bertz CT molecular complexity index is 187. The number of hydrogen-bond donors (Lipinski definition) is 2. The zero-order valence-corrected chi connectivity index (χ0v) is 11.4. The summed E-state index contributed by atoms with van der Waals surface area (Å²) in [4.78, 5) is 13.5. The maximum absolute atomic E-state index is 11.3. The van der Waals surface area contributed by atoms with E-state index in [0.29, 0.717) is 19.7 Å². The van der Waals surface area contributed by atoms with Crippen LogP contribution in [0.3, 0.4) is 0 Å². The van der Waals surface area contributed by atoms with Gasteiger partial charge in [-0.1, -0.05) is 0 Å². The van der Waals surface area contributed by atoms with Gasteiger partial charge in [-0.15, -0.1) is 0 Å². The summed E-state index contributed by atoms with van der Waals surface area (Å²) in [6.07, 6.45) is 3.13. The average Bonchev–Trinajstić information content (AvgIpc) is 2.29. The molecule has 1 amide bonds. The summed E-state index contributed by atoms with van der Waals surface area (Å²) in [5.74, 6) is 0.0636. The number of rotatable bonds is 11. The molecule has 0 radical (unpaired) electrons. The Morgan fingerprint density at radius 1 is 1.18 bits per heavy atom. The van der Waals surface area contributed by atoms with Crippen LogP contribution in [-0.4, -0.2) is 64.8 Å². The van der Waals surface area contributed by atoms with Crippen molar-refractivity contribution >= 4 is 5.91 Å². The fourth-order valence-electron chi connectivity index (χ4n) is 1.39. The summed E-state index contributed by atoms with van der Waals surface area (Å²) in [5.41, 5.74) is 0. The van der Waals surface area contributed by atoms with Crippen LogP contribution >= 0.6 is 0 Å². The normalized spacial score (nSPS) is 10.8. The molecule has 102 valence electrons. The van der Waals surface area contributed by atoms with Gasteiger partial charge in [0.1, 0.15) is 0 Å². The Morgan fingerprint density at radius 2 is 1.94 bits per heavy atom. The fraction of sp³-hybridized carbons (Fsp3) is 0.917. The molecule has 0 aliphatic rings. The molecule has 5 heteroatoms. The summed E-state index contributed by atoms with van der Waals surface area (Å²) < 4.78 is 4.90. The molecule has 0 aromatic carbocycles. The van der Waals surface area contributed by atoms with E-state index >= 15 is 0 Å². The van der Waals surface area contributed by atoms with E-state index in [1.165, 1.54) is 0 Å². The second-order valence-electron chi connectivity index (χ2n) is 4.38. The molecule has 0 atom stereocenters. The Hall–Kier alpha value is -0.650. The van der Waals surface area contributed by atoms with Crippen molar-refractivity contribution < 1.29 is 9.53 Å². The molecular weight excluding hydrogens is 218 g/mol. The zero-order chi connectivity index (χ0) is 12.9. The largest absolute Gasteiger partial charge is 0.385 e.